The Labute approximate surface area is 412 Å². The van der Waals surface area contributed by atoms with E-state index in [1.54, 1.807) is 24.3 Å². The van der Waals surface area contributed by atoms with E-state index in [1.807, 2.05) is 46.0 Å². The molecular weight excluding hydrogens is 925 g/mol. The van der Waals surface area contributed by atoms with Crippen LogP contribution in [0.3, 0.4) is 0 Å². The zero-order valence-corrected chi connectivity index (χ0v) is 42.3. The molecule has 0 radical (unpaired) electrons. The van der Waals surface area contributed by atoms with Gasteiger partial charge in [-0.15, -0.1) is 0 Å². The minimum Gasteiger partial charge on any atom is -0.393 e. The van der Waals surface area contributed by atoms with Crippen LogP contribution in [0.25, 0.3) is 44.6 Å². The second-order valence-electron chi connectivity index (χ2n) is 19.9. The number of unbranched alkanes of at least 4 members (excludes halogenated alkanes) is 2. The molecule has 4 N–H and O–H groups in total. The van der Waals surface area contributed by atoms with Crippen LogP contribution in [0.2, 0.25) is 0 Å². The van der Waals surface area contributed by atoms with E-state index in [9.17, 15) is 27.0 Å². The van der Waals surface area contributed by atoms with Gasteiger partial charge in [0.2, 0.25) is 11.9 Å². The number of sulfone groups is 2. The van der Waals surface area contributed by atoms with E-state index in [1.165, 1.54) is 0 Å². The van der Waals surface area contributed by atoms with E-state index in [-0.39, 0.29) is 34.8 Å². The van der Waals surface area contributed by atoms with E-state index in [2.05, 4.69) is 34.4 Å². The maximum atomic E-state index is 13.0. The lowest BCUT2D eigenvalue weighted by atomic mass is 9.93. The molecule has 16 nitrogen and oxygen atoms in total. The predicted molar refractivity (Wildman–Crippen MR) is 274 cm³/mol. The van der Waals surface area contributed by atoms with Gasteiger partial charge in [-0.3, -0.25) is 0 Å². The minimum atomic E-state index is -3.30. The van der Waals surface area contributed by atoms with Gasteiger partial charge in [-0.05, 0) is 114 Å². The van der Waals surface area contributed by atoms with Gasteiger partial charge in [-0.2, -0.15) is 20.2 Å². The number of fused-ring (bicyclic) bond motifs is 2. The smallest absolute Gasteiger partial charge is 0.224 e. The molecule has 6 aromatic rings. The van der Waals surface area contributed by atoms with Crippen LogP contribution < -0.4 is 10.6 Å². The van der Waals surface area contributed by atoms with Gasteiger partial charge in [0.05, 0.1) is 55.4 Å². The summed E-state index contributed by atoms with van der Waals surface area (Å²) < 4.78 is 56.0. The first-order valence-corrected chi connectivity index (χ1v) is 29.1. The van der Waals surface area contributed by atoms with Crippen LogP contribution in [-0.4, -0.2) is 102 Å². The number of aliphatic hydroxyl groups excluding tert-OH is 2. The maximum Gasteiger partial charge on any atom is 0.224 e. The van der Waals surface area contributed by atoms with Gasteiger partial charge < -0.3 is 20.8 Å². The van der Waals surface area contributed by atoms with Crippen molar-refractivity contribution in [2.24, 2.45) is 0 Å². The Morgan fingerprint density at radius 1 is 0.529 bits per heavy atom. The highest BCUT2D eigenvalue weighted by molar-refractivity contribution is 7.92. The third-order valence-electron chi connectivity index (χ3n) is 14.9. The molecular formula is C52H70N10O6S2. The monoisotopic (exact) mass is 994 g/mol. The summed E-state index contributed by atoms with van der Waals surface area (Å²) in [6.07, 6.45) is 20.7. The van der Waals surface area contributed by atoms with Gasteiger partial charge in [0.1, 0.15) is 11.4 Å². The van der Waals surface area contributed by atoms with Crippen molar-refractivity contribution in [1.82, 2.24) is 39.5 Å². The maximum absolute atomic E-state index is 13.0. The first-order chi connectivity index (χ1) is 33.9. The van der Waals surface area contributed by atoms with E-state index < -0.39 is 19.7 Å². The van der Waals surface area contributed by atoms with Crippen LogP contribution in [0.4, 0.5) is 11.9 Å². The van der Waals surface area contributed by atoms with Crippen molar-refractivity contribution in [2.45, 2.75) is 187 Å². The van der Waals surface area contributed by atoms with Gasteiger partial charge in [-0.25, -0.2) is 36.2 Å². The molecule has 70 heavy (non-hydrogen) atoms. The molecule has 4 aliphatic carbocycles. The summed E-state index contributed by atoms with van der Waals surface area (Å²) >= 11 is 0. The largest absolute Gasteiger partial charge is 0.393 e. The second kappa shape index (κ2) is 22.2. The standard InChI is InChI=1S/2C26H35N5O3S/c2*1-2-3-16-27-26-28-17-23-24(30-31(25(23)29-26)19-10-12-20(32)13-11-19)18-8-14-22(15-9-18)35(33,34)21-6-4-5-7-21/h2*8-9,14-15,17,19-21,32H,2-7,10-13,16H2,1H3,(H,27,28,29). The lowest BCUT2D eigenvalue weighted by molar-refractivity contribution is 0.108. The summed E-state index contributed by atoms with van der Waals surface area (Å²) in [4.78, 5) is 19.5. The molecule has 0 aliphatic heterocycles. The van der Waals surface area contributed by atoms with Gasteiger partial charge in [-0.1, -0.05) is 76.6 Å². The normalized spacial score (nSPS) is 21.5. The SMILES string of the molecule is CCCCNc1ncc2c(-c3ccc(S(=O)(=O)C4CCCC4)cc3)nn(C3CCC(O)CC3)c2n1.CCCCNc1ncc2c(-c3ccc(S(=O)(=O)C4CCCC4)cc3)nn(C3CCC(O)CC3)c2n1. The van der Waals surface area contributed by atoms with Crippen LogP contribution in [0.15, 0.2) is 70.7 Å². The quantitative estimate of drug-likeness (QED) is 0.0664. The van der Waals surface area contributed by atoms with Gasteiger partial charge in [0, 0.05) is 36.6 Å². The van der Waals surface area contributed by atoms with Crippen molar-refractivity contribution in [3.63, 3.8) is 0 Å². The molecule has 4 heterocycles. The fourth-order valence-electron chi connectivity index (χ4n) is 10.7. The fourth-order valence-corrected chi connectivity index (χ4v) is 14.4. The molecule has 0 saturated heterocycles. The molecule has 0 amide bonds. The molecule has 4 aromatic heterocycles. The summed E-state index contributed by atoms with van der Waals surface area (Å²) in [6, 6.07) is 14.6. The highest BCUT2D eigenvalue weighted by Gasteiger charge is 2.33. The second-order valence-corrected chi connectivity index (χ2v) is 24.3. The summed E-state index contributed by atoms with van der Waals surface area (Å²) in [5.41, 5.74) is 4.78. The zero-order valence-electron chi connectivity index (χ0n) is 40.7. The first kappa shape index (κ1) is 49.9. The number of anilines is 2. The highest BCUT2D eigenvalue weighted by atomic mass is 32.2. The zero-order chi connectivity index (χ0) is 48.8. The van der Waals surface area contributed by atoms with Crippen molar-refractivity contribution in [1.29, 1.82) is 0 Å². The average molecular weight is 995 g/mol. The van der Waals surface area contributed by atoms with E-state index in [0.717, 1.165) is 186 Å². The Kier molecular flexibility index (Phi) is 15.8. The molecule has 10 rings (SSSR count). The van der Waals surface area contributed by atoms with Crippen LogP contribution >= 0.6 is 0 Å². The molecule has 2 aromatic carbocycles. The number of aliphatic hydroxyl groups is 2. The Morgan fingerprint density at radius 3 is 1.23 bits per heavy atom. The number of aromatic nitrogens is 8. The van der Waals surface area contributed by atoms with Gasteiger partial charge in [0.25, 0.3) is 0 Å². The van der Waals surface area contributed by atoms with Crippen molar-refractivity contribution in [3.05, 3.63) is 60.9 Å². The topological polar surface area (TPSA) is 220 Å². The van der Waals surface area contributed by atoms with Crippen LogP contribution in [-0.2, 0) is 19.7 Å². The van der Waals surface area contributed by atoms with Crippen LogP contribution in [0.5, 0.6) is 0 Å². The number of nitrogens with zero attached hydrogens (tertiary/aromatic N) is 8. The van der Waals surface area contributed by atoms with Crippen molar-refractivity contribution >= 4 is 53.6 Å². The summed E-state index contributed by atoms with van der Waals surface area (Å²) in [5.74, 6) is 1.18. The van der Waals surface area contributed by atoms with Crippen LogP contribution in [0.1, 0.15) is 154 Å². The predicted octanol–water partition coefficient (Wildman–Crippen LogP) is 9.80. The summed E-state index contributed by atoms with van der Waals surface area (Å²) in [6.45, 7) is 5.93. The Balaban J connectivity index is 0.000000174. The number of benzene rings is 2. The molecule has 0 bridgehead atoms. The average Bonchev–Trinajstić information content (AvgIpc) is 4.23. The number of hydrogen-bond acceptors (Lipinski definition) is 14. The molecule has 18 heteroatoms. The lowest BCUT2D eigenvalue weighted by Crippen LogP contribution is -2.22. The van der Waals surface area contributed by atoms with E-state index >= 15 is 0 Å². The summed E-state index contributed by atoms with van der Waals surface area (Å²) in [5, 5.41) is 37.7. The lowest BCUT2D eigenvalue weighted by Gasteiger charge is -2.25. The fraction of sp³-hybridized carbons (Fsp3) is 0.577. The molecule has 0 unspecified atom stereocenters. The molecule has 0 atom stereocenters. The highest BCUT2D eigenvalue weighted by Crippen LogP contribution is 2.38. The molecule has 376 valence electrons. The molecule has 4 saturated carbocycles. The van der Waals surface area contributed by atoms with Crippen LogP contribution in [0, 0.1) is 0 Å². The molecule has 0 spiro atoms. The number of rotatable bonds is 16. The van der Waals surface area contributed by atoms with E-state index in [4.69, 9.17) is 20.2 Å². The number of nitrogens with one attached hydrogen (secondary N) is 2. The van der Waals surface area contributed by atoms with Crippen molar-refractivity contribution in [3.8, 4) is 22.5 Å². The Hall–Kier alpha value is -5.04. The van der Waals surface area contributed by atoms with E-state index in [0.29, 0.717) is 21.7 Å². The molecule has 4 aliphatic rings. The third kappa shape index (κ3) is 10.9. The molecule has 4 fully saturated rings. The first-order valence-electron chi connectivity index (χ1n) is 26.0. The number of hydrogen-bond donors (Lipinski definition) is 4. The third-order valence-corrected chi connectivity index (χ3v) is 19.5. The van der Waals surface area contributed by atoms with Crippen molar-refractivity contribution in [2.75, 3.05) is 23.7 Å². The minimum absolute atomic E-state index is 0.162. The van der Waals surface area contributed by atoms with Gasteiger partial charge in [0.15, 0.2) is 31.0 Å². The van der Waals surface area contributed by atoms with Gasteiger partial charge >= 0.3 is 0 Å². The Morgan fingerprint density at radius 2 is 0.886 bits per heavy atom. The van der Waals surface area contributed by atoms with Crippen molar-refractivity contribution < 1.29 is 27.0 Å². The summed E-state index contributed by atoms with van der Waals surface area (Å²) in [7, 11) is -6.59. The Bertz CT molecular complexity index is 2720.